The van der Waals surface area contributed by atoms with E-state index in [1.54, 1.807) is 0 Å². The Morgan fingerprint density at radius 2 is 1.59 bits per heavy atom. The van der Waals surface area contributed by atoms with E-state index < -0.39 is 17.5 Å². The molecule has 2 aromatic rings. The van der Waals surface area contributed by atoms with Crippen molar-refractivity contribution in [3.63, 3.8) is 0 Å². The minimum Gasteiger partial charge on any atom is -0.481 e. The molecule has 0 heterocycles. The normalized spacial score (nSPS) is 18.9. The van der Waals surface area contributed by atoms with Crippen molar-refractivity contribution in [2.45, 2.75) is 51.5 Å². The summed E-state index contributed by atoms with van der Waals surface area (Å²) in [6.07, 6.45) is 1.53. The first-order chi connectivity index (χ1) is 16.2. The predicted octanol–water partition coefficient (Wildman–Crippen LogP) is 4.31. The molecule has 3 N–H and O–H groups in total. The van der Waals surface area contributed by atoms with Gasteiger partial charge in [0.05, 0.1) is 0 Å². The van der Waals surface area contributed by atoms with E-state index in [9.17, 15) is 14.4 Å². The van der Waals surface area contributed by atoms with Crippen LogP contribution < -0.4 is 10.6 Å². The van der Waals surface area contributed by atoms with Gasteiger partial charge >= 0.3 is 12.1 Å². The van der Waals surface area contributed by atoms with Crippen LogP contribution >= 0.6 is 0 Å². The lowest BCUT2D eigenvalue weighted by molar-refractivity contribution is -0.139. The van der Waals surface area contributed by atoms with Gasteiger partial charge in [-0.15, -0.1) is 0 Å². The molecule has 2 aliphatic carbocycles. The van der Waals surface area contributed by atoms with Crippen molar-refractivity contribution >= 4 is 18.0 Å². The number of carbonyl (C=O) groups excluding carboxylic acids is 2. The molecule has 7 nitrogen and oxygen atoms in total. The van der Waals surface area contributed by atoms with Gasteiger partial charge in [-0.25, -0.2) is 4.79 Å². The SMILES string of the molecule is CC(C)(CCNC(=O)OCC1c2ccccc2-c2ccccc21)C(=O)NC1CC(CC(=O)O)C1. The van der Waals surface area contributed by atoms with Crippen molar-refractivity contribution < 1.29 is 24.2 Å². The molecule has 180 valence electrons. The summed E-state index contributed by atoms with van der Waals surface area (Å²) in [4.78, 5) is 35.8. The number of nitrogens with one attached hydrogen (secondary N) is 2. The van der Waals surface area contributed by atoms with Crippen LogP contribution in [0.3, 0.4) is 0 Å². The van der Waals surface area contributed by atoms with Crippen LogP contribution in [0.15, 0.2) is 48.5 Å². The lowest BCUT2D eigenvalue weighted by Crippen LogP contribution is -2.49. The lowest BCUT2D eigenvalue weighted by atomic mass is 9.77. The van der Waals surface area contributed by atoms with Gasteiger partial charge in [0.25, 0.3) is 0 Å². The topological polar surface area (TPSA) is 105 Å². The number of rotatable bonds is 9. The first kappa shape index (κ1) is 23.8. The maximum absolute atomic E-state index is 12.6. The summed E-state index contributed by atoms with van der Waals surface area (Å²) in [5, 5.41) is 14.6. The van der Waals surface area contributed by atoms with Gasteiger partial charge in [-0.1, -0.05) is 62.4 Å². The van der Waals surface area contributed by atoms with Crippen LogP contribution in [0.25, 0.3) is 11.1 Å². The van der Waals surface area contributed by atoms with Crippen molar-refractivity contribution in [1.82, 2.24) is 10.6 Å². The zero-order chi connectivity index (χ0) is 24.3. The van der Waals surface area contributed by atoms with Crippen LogP contribution in [0, 0.1) is 11.3 Å². The van der Waals surface area contributed by atoms with Crippen LogP contribution in [-0.2, 0) is 14.3 Å². The second-order valence-electron chi connectivity index (χ2n) is 9.99. The van der Waals surface area contributed by atoms with E-state index in [4.69, 9.17) is 9.84 Å². The number of ether oxygens (including phenoxy) is 1. The van der Waals surface area contributed by atoms with E-state index in [2.05, 4.69) is 34.9 Å². The van der Waals surface area contributed by atoms with Gasteiger partial charge in [0.2, 0.25) is 5.91 Å². The highest BCUT2D eigenvalue weighted by molar-refractivity contribution is 5.82. The highest BCUT2D eigenvalue weighted by atomic mass is 16.5. The van der Waals surface area contributed by atoms with E-state index >= 15 is 0 Å². The number of alkyl carbamates (subject to hydrolysis) is 1. The number of hydrogen-bond acceptors (Lipinski definition) is 4. The van der Waals surface area contributed by atoms with Crippen molar-refractivity contribution in [3.8, 4) is 11.1 Å². The summed E-state index contributed by atoms with van der Waals surface area (Å²) in [5.74, 6) is -0.732. The minimum atomic E-state index is -0.797. The first-order valence-corrected chi connectivity index (χ1v) is 11.9. The third-order valence-electron chi connectivity index (χ3n) is 7.01. The second-order valence-corrected chi connectivity index (χ2v) is 9.99. The lowest BCUT2D eigenvalue weighted by Gasteiger charge is -2.37. The van der Waals surface area contributed by atoms with Crippen LogP contribution in [0.4, 0.5) is 4.79 Å². The van der Waals surface area contributed by atoms with Gasteiger partial charge in [-0.2, -0.15) is 0 Å². The quantitative estimate of drug-likeness (QED) is 0.513. The van der Waals surface area contributed by atoms with Gasteiger partial charge in [0, 0.05) is 30.3 Å². The monoisotopic (exact) mass is 464 g/mol. The van der Waals surface area contributed by atoms with Crippen molar-refractivity contribution in [3.05, 3.63) is 59.7 Å². The van der Waals surface area contributed by atoms with E-state index in [0.717, 1.165) is 11.1 Å². The van der Waals surface area contributed by atoms with Gasteiger partial charge in [0.15, 0.2) is 0 Å². The third-order valence-corrected chi connectivity index (χ3v) is 7.01. The molecule has 2 aliphatic rings. The smallest absolute Gasteiger partial charge is 0.407 e. The molecule has 0 bridgehead atoms. The van der Waals surface area contributed by atoms with E-state index in [1.807, 2.05) is 38.1 Å². The average molecular weight is 465 g/mol. The van der Waals surface area contributed by atoms with Crippen LogP contribution in [0.1, 0.15) is 56.6 Å². The molecule has 0 aliphatic heterocycles. The number of amides is 2. The zero-order valence-electron chi connectivity index (χ0n) is 19.7. The molecular formula is C27H32N2O5. The highest BCUT2D eigenvalue weighted by Crippen LogP contribution is 2.44. The van der Waals surface area contributed by atoms with Gasteiger partial charge in [0.1, 0.15) is 6.61 Å². The Morgan fingerprint density at radius 3 is 2.18 bits per heavy atom. The molecule has 0 saturated heterocycles. The summed E-state index contributed by atoms with van der Waals surface area (Å²) in [6.45, 7) is 4.26. The molecule has 34 heavy (non-hydrogen) atoms. The molecule has 0 spiro atoms. The number of carboxylic acids is 1. The fourth-order valence-electron chi connectivity index (χ4n) is 4.89. The Morgan fingerprint density at radius 1 is 1.00 bits per heavy atom. The second kappa shape index (κ2) is 9.87. The van der Waals surface area contributed by atoms with Crippen LogP contribution in [0.5, 0.6) is 0 Å². The van der Waals surface area contributed by atoms with Crippen LogP contribution in [-0.4, -0.2) is 42.3 Å². The molecule has 1 saturated carbocycles. The maximum atomic E-state index is 12.6. The number of benzene rings is 2. The Kier molecular flexibility index (Phi) is 6.91. The third kappa shape index (κ3) is 5.24. The number of carbonyl (C=O) groups is 3. The first-order valence-electron chi connectivity index (χ1n) is 11.9. The van der Waals surface area contributed by atoms with Crippen molar-refractivity contribution in [1.29, 1.82) is 0 Å². The Hall–Kier alpha value is -3.35. The number of aliphatic carboxylic acids is 1. The maximum Gasteiger partial charge on any atom is 0.407 e. The molecule has 7 heteroatoms. The molecule has 0 atom stereocenters. The van der Waals surface area contributed by atoms with Crippen molar-refractivity contribution in [2.75, 3.05) is 13.2 Å². The number of hydrogen-bond donors (Lipinski definition) is 3. The molecule has 1 fully saturated rings. The van der Waals surface area contributed by atoms with E-state index in [-0.39, 0.29) is 36.8 Å². The Labute approximate surface area is 199 Å². The Balaban J connectivity index is 1.21. The van der Waals surface area contributed by atoms with Gasteiger partial charge < -0.3 is 20.5 Å². The fourth-order valence-corrected chi connectivity index (χ4v) is 4.89. The molecule has 0 radical (unpaired) electrons. The van der Waals surface area contributed by atoms with Crippen LogP contribution in [0.2, 0.25) is 0 Å². The zero-order valence-corrected chi connectivity index (χ0v) is 19.7. The molecule has 0 unspecified atom stereocenters. The summed E-state index contributed by atoms with van der Waals surface area (Å²) in [7, 11) is 0. The number of fused-ring (bicyclic) bond motifs is 3. The largest absolute Gasteiger partial charge is 0.481 e. The summed E-state index contributed by atoms with van der Waals surface area (Å²) in [5.41, 5.74) is 4.03. The standard InChI is InChI=1S/C27H32N2O5/c1-27(2,25(32)29-18-13-17(14-18)15-24(30)31)11-12-28-26(33)34-16-23-21-9-5-3-7-19(21)20-8-4-6-10-22(20)23/h3-10,17-18,23H,11-16H2,1-2H3,(H,28,33)(H,29,32)(H,30,31). The molecule has 2 aromatic carbocycles. The highest BCUT2D eigenvalue weighted by Gasteiger charge is 2.35. The minimum absolute atomic E-state index is 0.00722. The molecular weight excluding hydrogens is 432 g/mol. The summed E-state index contributed by atoms with van der Waals surface area (Å²) in [6, 6.07) is 16.4. The Bertz CT molecular complexity index is 1030. The molecule has 4 rings (SSSR count). The van der Waals surface area contributed by atoms with Crippen molar-refractivity contribution in [2.24, 2.45) is 11.3 Å². The predicted molar refractivity (Wildman–Crippen MR) is 128 cm³/mol. The number of carboxylic acid groups (broad SMARTS) is 1. The summed E-state index contributed by atoms with van der Waals surface area (Å²) < 4.78 is 5.55. The van der Waals surface area contributed by atoms with E-state index in [1.165, 1.54) is 11.1 Å². The molecule has 2 amide bonds. The fraction of sp³-hybridized carbons (Fsp3) is 0.444. The van der Waals surface area contributed by atoms with Gasteiger partial charge in [-0.05, 0) is 47.4 Å². The summed E-state index contributed by atoms with van der Waals surface area (Å²) >= 11 is 0. The van der Waals surface area contributed by atoms with E-state index in [0.29, 0.717) is 25.8 Å². The van der Waals surface area contributed by atoms with Gasteiger partial charge in [-0.3, -0.25) is 9.59 Å². The molecule has 0 aromatic heterocycles. The average Bonchev–Trinajstić information content (AvgIpc) is 3.09.